The zero-order valence-corrected chi connectivity index (χ0v) is 12.5. The van der Waals surface area contributed by atoms with E-state index in [0.717, 1.165) is 5.56 Å². The smallest absolute Gasteiger partial charge is 0.251 e. The molecule has 0 unspecified atom stereocenters. The number of aryl methyl sites for hydroxylation is 2. The van der Waals surface area contributed by atoms with Gasteiger partial charge in [-0.05, 0) is 35.0 Å². The molecule has 0 atom stereocenters. The number of nitrogens with one attached hydrogen (secondary N) is 2. The zero-order chi connectivity index (χ0) is 15.9. The molecule has 0 spiro atoms. The van der Waals surface area contributed by atoms with Gasteiger partial charge in [-0.15, -0.1) is 5.10 Å². The molecule has 2 aromatic rings. The molecule has 1 heterocycles. The Kier molecular flexibility index (Phi) is 5.18. The van der Waals surface area contributed by atoms with Crippen molar-refractivity contribution in [2.75, 3.05) is 7.05 Å². The van der Waals surface area contributed by atoms with Gasteiger partial charge in [-0.3, -0.25) is 9.59 Å². The van der Waals surface area contributed by atoms with Crippen molar-refractivity contribution in [2.45, 2.75) is 26.4 Å². The Labute approximate surface area is 127 Å². The van der Waals surface area contributed by atoms with Crippen LogP contribution in [0.5, 0.6) is 0 Å². The minimum Gasteiger partial charge on any atom is -0.355 e. The Bertz CT molecular complexity index is 650. The van der Waals surface area contributed by atoms with E-state index in [1.807, 2.05) is 12.1 Å². The van der Waals surface area contributed by atoms with Crippen molar-refractivity contribution in [1.29, 1.82) is 0 Å². The van der Waals surface area contributed by atoms with Crippen molar-refractivity contribution >= 4 is 11.8 Å². The summed E-state index contributed by atoms with van der Waals surface area (Å²) in [6.45, 7) is 2.65. The third kappa shape index (κ3) is 4.11. The molecule has 22 heavy (non-hydrogen) atoms. The normalized spacial score (nSPS) is 10.3. The van der Waals surface area contributed by atoms with Crippen LogP contribution in [0.2, 0.25) is 0 Å². The second-order valence-corrected chi connectivity index (χ2v) is 4.75. The Hall–Kier alpha value is -2.77. The molecule has 0 aliphatic rings. The van der Waals surface area contributed by atoms with Gasteiger partial charge in [0.15, 0.2) is 0 Å². The number of carbonyl (C=O) groups is 2. The minimum absolute atomic E-state index is 0.0784. The minimum atomic E-state index is -0.132. The fourth-order valence-electron chi connectivity index (χ4n) is 1.87. The van der Waals surface area contributed by atoms with Gasteiger partial charge in [0.05, 0.1) is 6.54 Å². The van der Waals surface area contributed by atoms with Gasteiger partial charge in [-0.2, -0.15) is 0 Å². The highest BCUT2D eigenvalue weighted by molar-refractivity contribution is 5.93. The molecule has 2 rings (SSSR count). The summed E-state index contributed by atoms with van der Waals surface area (Å²) in [6, 6.07) is 7.09. The van der Waals surface area contributed by atoms with E-state index < -0.39 is 0 Å². The van der Waals surface area contributed by atoms with Crippen LogP contribution in [0, 0.1) is 6.92 Å². The monoisotopic (exact) mass is 302 g/mol. The van der Waals surface area contributed by atoms with E-state index in [0.29, 0.717) is 30.9 Å². The van der Waals surface area contributed by atoms with Gasteiger partial charge in [0, 0.05) is 25.6 Å². The summed E-state index contributed by atoms with van der Waals surface area (Å²) in [6.07, 6.45) is 0.308. The van der Waals surface area contributed by atoms with Crippen LogP contribution in [0.15, 0.2) is 24.3 Å². The lowest BCUT2D eigenvalue weighted by atomic mass is 10.1. The van der Waals surface area contributed by atoms with E-state index in [9.17, 15) is 9.59 Å². The molecule has 0 aliphatic heterocycles. The molecule has 1 aromatic carbocycles. The average Bonchev–Trinajstić information content (AvgIpc) is 2.95. The summed E-state index contributed by atoms with van der Waals surface area (Å²) in [5, 5.41) is 16.4. The van der Waals surface area contributed by atoms with Gasteiger partial charge < -0.3 is 10.6 Å². The number of rotatable bonds is 6. The first-order valence-corrected chi connectivity index (χ1v) is 6.90. The lowest BCUT2D eigenvalue weighted by Crippen LogP contribution is -2.24. The van der Waals surface area contributed by atoms with Crippen LogP contribution < -0.4 is 10.6 Å². The van der Waals surface area contributed by atoms with Crippen LogP contribution in [-0.4, -0.2) is 39.1 Å². The molecule has 0 radical (unpaired) electrons. The molecule has 0 saturated heterocycles. The van der Waals surface area contributed by atoms with Crippen molar-refractivity contribution in [3.63, 3.8) is 0 Å². The summed E-state index contributed by atoms with van der Waals surface area (Å²) >= 11 is 0. The number of carbonyl (C=O) groups excluding carboxylic acids is 2. The van der Waals surface area contributed by atoms with Crippen molar-refractivity contribution in [2.24, 2.45) is 0 Å². The Morgan fingerprint density at radius 2 is 1.95 bits per heavy atom. The Morgan fingerprint density at radius 3 is 2.55 bits per heavy atom. The molecular weight excluding hydrogens is 284 g/mol. The quantitative estimate of drug-likeness (QED) is 0.785. The van der Waals surface area contributed by atoms with E-state index in [1.54, 1.807) is 30.8 Å². The van der Waals surface area contributed by atoms with Gasteiger partial charge >= 0.3 is 0 Å². The van der Waals surface area contributed by atoms with Gasteiger partial charge in [-0.1, -0.05) is 12.1 Å². The van der Waals surface area contributed by atoms with E-state index in [4.69, 9.17) is 0 Å². The number of hydrogen-bond donors (Lipinski definition) is 2. The first-order chi connectivity index (χ1) is 10.6. The SMILES string of the molecule is CNC(=O)c1ccc(CNC(=O)CCn2nnnc2C)cc1. The topological polar surface area (TPSA) is 102 Å². The van der Waals surface area contributed by atoms with Crippen LogP contribution in [0.3, 0.4) is 0 Å². The second kappa shape index (κ2) is 7.30. The first kappa shape index (κ1) is 15.6. The lowest BCUT2D eigenvalue weighted by molar-refractivity contribution is -0.121. The van der Waals surface area contributed by atoms with Crippen LogP contribution in [0.1, 0.15) is 28.2 Å². The fourth-order valence-corrected chi connectivity index (χ4v) is 1.87. The van der Waals surface area contributed by atoms with Crippen LogP contribution in [-0.2, 0) is 17.9 Å². The van der Waals surface area contributed by atoms with Crippen LogP contribution >= 0.6 is 0 Å². The average molecular weight is 302 g/mol. The molecule has 0 saturated carbocycles. The highest BCUT2D eigenvalue weighted by Gasteiger charge is 2.06. The van der Waals surface area contributed by atoms with Gasteiger partial charge in [0.2, 0.25) is 5.91 Å². The molecule has 0 fully saturated rings. The fraction of sp³-hybridized carbons (Fsp3) is 0.357. The molecule has 0 aliphatic carbocycles. The molecule has 0 bridgehead atoms. The summed E-state index contributed by atoms with van der Waals surface area (Å²) in [7, 11) is 1.59. The Morgan fingerprint density at radius 1 is 1.23 bits per heavy atom. The van der Waals surface area contributed by atoms with Gasteiger partial charge in [-0.25, -0.2) is 4.68 Å². The predicted molar refractivity (Wildman–Crippen MR) is 78.8 cm³/mol. The maximum atomic E-state index is 11.8. The van der Waals surface area contributed by atoms with E-state index in [2.05, 4.69) is 26.2 Å². The molecule has 1 aromatic heterocycles. The van der Waals surface area contributed by atoms with E-state index in [-0.39, 0.29) is 11.8 Å². The summed E-state index contributed by atoms with van der Waals surface area (Å²) in [5.74, 6) is 0.468. The number of aromatic nitrogens is 4. The standard InChI is InChI=1S/C14H18N6O2/c1-10-17-18-19-20(10)8-7-13(21)16-9-11-3-5-12(6-4-11)14(22)15-2/h3-6H,7-9H2,1-2H3,(H,15,22)(H,16,21). The maximum Gasteiger partial charge on any atom is 0.251 e. The predicted octanol–water partition coefficient (Wildman–Crippen LogP) is 0.0476. The number of nitrogens with zero attached hydrogens (tertiary/aromatic N) is 4. The maximum absolute atomic E-state index is 11.8. The van der Waals surface area contributed by atoms with Crippen molar-refractivity contribution in [3.05, 3.63) is 41.2 Å². The molecule has 2 N–H and O–H groups in total. The van der Waals surface area contributed by atoms with Gasteiger partial charge in [0.25, 0.3) is 5.91 Å². The highest BCUT2D eigenvalue weighted by Crippen LogP contribution is 2.04. The van der Waals surface area contributed by atoms with Crippen molar-refractivity contribution in [3.8, 4) is 0 Å². The Balaban J connectivity index is 1.78. The molecule has 116 valence electrons. The number of hydrogen-bond acceptors (Lipinski definition) is 5. The summed E-state index contributed by atoms with van der Waals surface area (Å²) in [4.78, 5) is 23.2. The van der Waals surface area contributed by atoms with E-state index in [1.165, 1.54) is 0 Å². The number of benzene rings is 1. The third-order valence-electron chi connectivity index (χ3n) is 3.19. The van der Waals surface area contributed by atoms with Crippen LogP contribution in [0.4, 0.5) is 0 Å². The number of amides is 2. The first-order valence-electron chi connectivity index (χ1n) is 6.90. The summed E-state index contributed by atoms with van der Waals surface area (Å²) < 4.78 is 1.58. The van der Waals surface area contributed by atoms with Crippen molar-refractivity contribution < 1.29 is 9.59 Å². The summed E-state index contributed by atoms with van der Waals surface area (Å²) in [5.41, 5.74) is 1.52. The third-order valence-corrected chi connectivity index (χ3v) is 3.19. The van der Waals surface area contributed by atoms with Crippen LogP contribution in [0.25, 0.3) is 0 Å². The largest absolute Gasteiger partial charge is 0.355 e. The zero-order valence-electron chi connectivity index (χ0n) is 12.5. The highest BCUT2D eigenvalue weighted by atomic mass is 16.2. The van der Waals surface area contributed by atoms with Crippen molar-refractivity contribution in [1.82, 2.24) is 30.8 Å². The van der Waals surface area contributed by atoms with E-state index >= 15 is 0 Å². The van der Waals surface area contributed by atoms with Gasteiger partial charge in [0.1, 0.15) is 5.82 Å². The molecule has 2 amide bonds. The second-order valence-electron chi connectivity index (χ2n) is 4.75. The number of tetrazole rings is 1. The molecule has 8 heteroatoms. The molecular formula is C14H18N6O2. The lowest BCUT2D eigenvalue weighted by Gasteiger charge is -2.06. The molecule has 8 nitrogen and oxygen atoms in total.